The first kappa shape index (κ1) is 16.4. The van der Waals surface area contributed by atoms with Crippen LogP contribution in [0.25, 0.3) is 11.0 Å². The lowest BCUT2D eigenvalue weighted by molar-refractivity contribution is 0.0719. The van der Waals surface area contributed by atoms with Crippen LogP contribution in [0.5, 0.6) is 0 Å². The molecular weight excluding hydrogens is 332 g/mol. The standard InChI is InChI=1S/C19H20N4O3/c1-13-9-15-10-14(3-4-17(15)26-13)18(24)22-5-2-6-23(8-7-22)19(25)16-11-20-21-12-16/h3-4,9-12H,2,5-8H2,1H3,(H,20,21). The molecule has 0 spiro atoms. The molecule has 2 amide bonds. The highest BCUT2D eigenvalue weighted by Gasteiger charge is 2.24. The van der Waals surface area contributed by atoms with Gasteiger partial charge in [0.2, 0.25) is 0 Å². The van der Waals surface area contributed by atoms with Crippen LogP contribution in [-0.4, -0.2) is 58.0 Å². The fourth-order valence-corrected chi connectivity index (χ4v) is 3.37. The highest BCUT2D eigenvalue weighted by Crippen LogP contribution is 2.21. The lowest BCUT2D eigenvalue weighted by Crippen LogP contribution is -2.37. The third kappa shape index (κ3) is 3.08. The number of amides is 2. The van der Waals surface area contributed by atoms with Crippen molar-refractivity contribution in [1.82, 2.24) is 20.0 Å². The van der Waals surface area contributed by atoms with Gasteiger partial charge in [-0.2, -0.15) is 5.10 Å². The molecule has 4 rings (SSSR count). The van der Waals surface area contributed by atoms with Crippen molar-refractivity contribution in [2.24, 2.45) is 0 Å². The summed E-state index contributed by atoms with van der Waals surface area (Å²) in [5.41, 5.74) is 1.98. The van der Waals surface area contributed by atoms with Crippen LogP contribution in [0, 0.1) is 6.92 Å². The molecule has 1 aliphatic rings. The second-order valence-corrected chi connectivity index (χ2v) is 6.53. The highest BCUT2D eigenvalue weighted by atomic mass is 16.3. The monoisotopic (exact) mass is 352 g/mol. The molecule has 0 bridgehead atoms. The molecule has 1 fully saturated rings. The lowest BCUT2D eigenvalue weighted by Gasteiger charge is -2.22. The summed E-state index contributed by atoms with van der Waals surface area (Å²) in [6.45, 7) is 4.19. The number of rotatable bonds is 2. The zero-order chi connectivity index (χ0) is 18.1. The van der Waals surface area contributed by atoms with Gasteiger partial charge < -0.3 is 14.2 Å². The Labute approximate surface area is 150 Å². The summed E-state index contributed by atoms with van der Waals surface area (Å²) in [6, 6.07) is 7.43. The fourth-order valence-electron chi connectivity index (χ4n) is 3.37. The quantitative estimate of drug-likeness (QED) is 0.768. The number of carbonyl (C=O) groups is 2. The van der Waals surface area contributed by atoms with Crippen LogP contribution in [0.3, 0.4) is 0 Å². The number of aryl methyl sites for hydroxylation is 1. The third-order valence-corrected chi connectivity index (χ3v) is 4.70. The normalized spacial score (nSPS) is 15.3. The number of nitrogens with one attached hydrogen (secondary N) is 1. The Kier molecular flexibility index (Phi) is 4.20. The zero-order valence-electron chi connectivity index (χ0n) is 14.6. The summed E-state index contributed by atoms with van der Waals surface area (Å²) in [6.07, 6.45) is 3.87. The first-order valence-corrected chi connectivity index (χ1v) is 8.69. The summed E-state index contributed by atoms with van der Waals surface area (Å²) >= 11 is 0. The maximum atomic E-state index is 12.9. The molecule has 134 valence electrons. The number of carbonyl (C=O) groups excluding carboxylic acids is 2. The number of H-pyrrole nitrogens is 1. The zero-order valence-corrected chi connectivity index (χ0v) is 14.6. The Morgan fingerprint density at radius 3 is 2.46 bits per heavy atom. The Hall–Kier alpha value is -3.09. The molecule has 0 aliphatic carbocycles. The Morgan fingerprint density at radius 2 is 1.77 bits per heavy atom. The van der Waals surface area contributed by atoms with Gasteiger partial charge in [0.25, 0.3) is 11.8 Å². The molecular formula is C19H20N4O3. The molecule has 7 nitrogen and oxygen atoms in total. The van der Waals surface area contributed by atoms with E-state index in [0.29, 0.717) is 37.3 Å². The van der Waals surface area contributed by atoms with Crippen LogP contribution in [0.4, 0.5) is 0 Å². The van der Waals surface area contributed by atoms with E-state index < -0.39 is 0 Å². The van der Waals surface area contributed by atoms with Crippen LogP contribution < -0.4 is 0 Å². The van der Waals surface area contributed by atoms with Crippen molar-refractivity contribution < 1.29 is 14.0 Å². The minimum Gasteiger partial charge on any atom is -0.461 e. The van der Waals surface area contributed by atoms with E-state index in [1.807, 2.05) is 30.0 Å². The van der Waals surface area contributed by atoms with E-state index in [9.17, 15) is 9.59 Å². The number of aromatic nitrogens is 2. The summed E-state index contributed by atoms with van der Waals surface area (Å²) < 4.78 is 5.57. The molecule has 0 saturated carbocycles. The largest absolute Gasteiger partial charge is 0.461 e. The van der Waals surface area contributed by atoms with Crippen molar-refractivity contribution in [2.75, 3.05) is 26.2 Å². The van der Waals surface area contributed by atoms with E-state index in [1.165, 1.54) is 6.20 Å². The van der Waals surface area contributed by atoms with Gasteiger partial charge in [0.05, 0.1) is 11.8 Å². The Morgan fingerprint density at radius 1 is 1.04 bits per heavy atom. The van der Waals surface area contributed by atoms with Crippen molar-refractivity contribution >= 4 is 22.8 Å². The number of fused-ring (bicyclic) bond motifs is 1. The number of nitrogens with zero attached hydrogens (tertiary/aromatic N) is 3. The number of aromatic amines is 1. The smallest absolute Gasteiger partial charge is 0.257 e. The molecule has 1 aliphatic heterocycles. The summed E-state index contributed by atoms with van der Waals surface area (Å²) in [5.74, 6) is 0.763. The van der Waals surface area contributed by atoms with E-state index in [2.05, 4.69) is 10.2 Å². The van der Waals surface area contributed by atoms with Crippen molar-refractivity contribution in [3.05, 3.63) is 53.5 Å². The van der Waals surface area contributed by atoms with Gasteiger partial charge in [-0.1, -0.05) is 0 Å². The van der Waals surface area contributed by atoms with Crippen LogP contribution in [-0.2, 0) is 0 Å². The van der Waals surface area contributed by atoms with E-state index in [4.69, 9.17) is 4.42 Å². The molecule has 3 aromatic rings. The highest BCUT2D eigenvalue weighted by molar-refractivity contribution is 5.98. The number of benzene rings is 1. The van der Waals surface area contributed by atoms with Crippen molar-refractivity contribution in [3.8, 4) is 0 Å². The van der Waals surface area contributed by atoms with Gasteiger partial charge in [0, 0.05) is 43.3 Å². The topological polar surface area (TPSA) is 82.4 Å². The predicted octanol–water partition coefficient (Wildman–Crippen LogP) is 2.45. The van der Waals surface area contributed by atoms with Gasteiger partial charge in [-0.05, 0) is 37.6 Å². The fraction of sp³-hybridized carbons (Fsp3) is 0.316. The molecule has 0 radical (unpaired) electrons. The minimum absolute atomic E-state index is 0.0108. The molecule has 1 aromatic carbocycles. The number of furan rings is 1. The molecule has 3 heterocycles. The molecule has 0 unspecified atom stereocenters. The van der Waals surface area contributed by atoms with Crippen LogP contribution in [0.15, 0.2) is 41.1 Å². The summed E-state index contributed by atoms with van der Waals surface area (Å²) in [5, 5.41) is 7.42. The molecule has 7 heteroatoms. The molecule has 2 aromatic heterocycles. The van der Waals surface area contributed by atoms with Crippen molar-refractivity contribution in [2.45, 2.75) is 13.3 Å². The third-order valence-electron chi connectivity index (χ3n) is 4.70. The molecule has 1 saturated heterocycles. The maximum absolute atomic E-state index is 12.9. The summed E-state index contributed by atoms with van der Waals surface area (Å²) in [7, 11) is 0. The van der Waals surface area contributed by atoms with Crippen molar-refractivity contribution in [3.63, 3.8) is 0 Å². The lowest BCUT2D eigenvalue weighted by atomic mass is 10.1. The van der Waals surface area contributed by atoms with Gasteiger partial charge in [0.15, 0.2) is 0 Å². The van der Waals surface area contributed by atoms with E-state index in [1.54, 1.807) is 17.2 Å². The number of hydrogen-bond acceptors (Lipinski definition) is 4. The molecule has 26 heavy (non-hydrogen) atoms. The van der Waals surface area contributed by atoms with E-state index in [0.717, 1.165) is 23.2 Å². The SMILES string of the molecule is Cc1cc2cc(C(=O)N3CCCN(C(=O)c4cn[nH]c4)CC3)ccc2o1. The summed E-state index contributed by atoms with van der Waals surface area (Å²) in [4.78, 5) is 28.9. The van der Waals surface area contributed by atoms with Gasteiger partial charge in [0.1, 0.15) is 11.3 Å². The van der Waals surface area contributed by atoms with Gasteiger partial charge in [-0.15, -0.1) is 0 Å². The Balaban J connectivity index is 1.47. The van der Waals surface area contributed by atoms with Gasteiger partial charge in [-0.3, -0.25) is 14.7 Å². The van der Waals surface area contributed by atoms with Crippen LogP contribution in [0.2, 0.25) is 0 Å². The van der Waals surface area contributed by atoms with Gasteiger partial charge >= 0.3 is 0 Å². The maximum Gasteiger partial charge on any atom is 0.257 e. The molecule has 1 N–H and O–H groups in total. The van der Waals surface area contributed by atoms with Crippen LogP contribution in [0.1, 0.15) is 32.9 Å². The second-order valence-electron chi connectivity index (χ2n) is 6.53. The van der Waals surface area contributed by atoms with E-state index >= 15 is 0 Å². The van der Waals surface area contributed by atoms with E-state index in [-0.39, 0.29) is 11.8 Å². The van der Waals surface area contributed by atoms with Crippen molar-refractivity contribution in [1.29, 1.82) is 0 Å². The Bertz CT molecular complexity index is 945. The average Bonchev–Trinajstić information content (AvgIpc) is 3.23. The van der Waals surface area contributed by atoms with Gasteiger partial charge in [-0.25, -0.2) is 0 Å². The first-order chi connectivity index (χ1) is 12.6. The first-order valence-electron chi connectivity index (χ1n) is 8.69. The minimum atomic E-state index is -0.0525. The second kappa shape index (κ2) is 6.67. The van der Waals surface area contributed by atoms with Crippen LogP contribution >= 0.6 is 0 Å². The predicted molar refractivity (Wildman–Crippen MR) is 96.0 cm³/mol. The average molecular weight is 352 g/mol. The molecule has 0 atom stereocenters. The number of hydrogen-bond donors (Lipinski definition) is 1.